The number of carboxylic acid groups (broad SMARTS) is 1. The molecule has 0 aliphatic carbocycles. The molecular weight excluding hydrogens is 244 g/mol. The van der Waals surface area contributed by atoms with Gasteiger partial charge in [0.25, 0.3) is 0 Å². The fourth-order valence-electron chi connectivity index (χ4n) is 1.28. The molecule has 0 atom stereocenters. The van der Waals surface area contributed by atoms with Crippen LogP contribution in [0.3, 0.4) is 0 Å². The number of hydrogen-bond donors (Lipinski definition) is 2. The summed E-state index contributed by atoms with van der Waals surface area (Å²) in [7, 11) is 1.78. The third kappa shape index (κ3) is 2.54. The van der Waals surface area contributed by atoms with Crippen LogP contribution in [0.1, 0.15) is 10.4 Å². The molecule has 0 amide bonds. The van der Waals surface area contributed by atoms with E-state index < -0.39 is 5.97 Å². The minimum Gasteiger partial charge on any atom is -0.478 e. The summed E-state index contributed by atoms with van der Waals surface area (Å²) in [5.74, 6) is -0.134. The minimum absolute atomic E-state index is 0.0000905. The zero-order chi connectivity index (χ0) is 12.4. The summed E-state index contributed by atoms with van der Waals surface area (Å²) in [6.45, 7) is 0. The number of pyridine rings is 1. The summed E-state index contributed by atoms with van der Waals surface area (Å²) in [6.07, 6.45) is 3.05. The topological polar surface area (TPSA) is 80.0 Å². The molecule has 17 heavy (non-hydrogen) atoms. The maximum absolute atomic E-state index is 10.9. The summed E-state index contributed by atoms with van der Waals surface area (Å²) in [6, 6.07) is 3.11. The quantitative estimate of drug-likeness (QED) is 0.872. The molecule has 2 N–H and O–H groups in total. The molecule has 0 unspecified atom stereocenters. The number of halogens is 1. The van der Waals surface area contributed by atoms with Crippen molar-refractivity contribution in [3.05, 3.63) is 35.1 Å². The van der Waals surface area contributed by atoms with Crippen LogP contribution in [0.2, 0.25) is 5.02 Å². The lowest BCUT2D eigenvalue weighted by molar-refractivity contribution is 0.0697. The van der Waals surface area contributed by atoms with Crippen molar-refractivity contribution >= 4 is 29.2 Å². The number of nitrogens with one attached hydrogen (secondary N) is 1. The van der Waals surface area contributed by atoms with Gasteiger partial charge < -0.3 is 10.4 Å². The van der Waals surface area contributed by atoms with Gasteiger partial charge in [-0.1, -0.05) is 11.6 Å². The first-order chi connectivity index (χ1) is 8.06. The van der Waals surface area contributed by atoms with Crippen LogP contribution in [0.5, 0.6) is 0 Å². The van der Waals surface area contributed by atoms with Crippen LogP contribution >= 0.6 is 11.6 Å². The van der Waals surface area contributed by atoms with Gasteiger partial charge in [0.15, 0.2) is 5.82 Å². The van der Waals surface area contributed by atoms with Crippen molar-refractivity contribution in [1.29, 1.82) is 0 Å². The zero-order valence-electron chi connectivity index (χ0n) is 8.88. The summed E-state index contributed by atoms with van der Waals surface area (Å²) >= 11 is 5.71. The number of rotatable bonds is 3. The van der Waals surface area contributed by atoms with E-state index in [4.69, 9.17) is 16.7 Å². The van der Waals surface area contributed by atoms with E-state index in [1.165, 1.54) is 12.3 Å². The molecule has 7 heteroatoms. The monoisotopic (exact) mass is 252 g/mol. The largest absolute Gasteiger partial charge is 0.478 e. The second kappa shape index (κ2) is 4.42. The van der Waals surface area contributed by atoms with Gasteiger partial charge in [-0.05, 0) is 6.07 Å². The highest BCUT2D eigenvalue weighted by Crippen LogP contribution is 2.19. The van der Waals surface area contributed by atoms with Gasteiger partial charge in [-0.25, -0.2) is 9.78 Å². The van der Waals surface area contributed by atoms with Gasteiger partial charge in [0.2, 0.25) is 0 Å². The maximum atomic E-state index is 10.9. The molecule has 2 heterocycles. The predicted octanol–water partition coefficient (Wildman–Crippen LogP) is 1.91. The lowest BCUT2D eigenvalue weighted by Crippen LogP contribution is -2.02. The van der Waals surface area contributed by atoms with Crippen molar-refractivity contribution in [1.82, 2.24) is 14.8 Å². The first kappa shape index (κ1) is 11.4. The van der Waals surface area contributed by atoms with E-state index >= 15 is 0 Å². The molecule has 0 spiro atoms. The van der Waals surface area contributed by atoms with Gasteiger partial charge in [-0.2, -0.15) is 5.10 Å². The number of aromatic carboxylic acids is 1. The molecule has 88 valence electrons. The van der Waals surface area contributed by atoms with Crippen LogP contribution in [0.4, 0.5) is 11.6 Å². The van der Waals surface area contributed by atoms with E-state index in [1.54, 1.807) is 24.0 Å². The molecule has 0 aromatic carbocycles. The Balaban J connectivity index is 2.28. The van der Waals surface area contributed by atoms with Gasteiger partial charge in [0.05, 0.1) is 10.6 Å². The summed E-state index contributed by atoms with van der Waals surface area (Å²) in [5.41, 5.74) is 0.0000905. The molecule has 0 bridgehead atoms. The normalized spacial score (nSPS) is 10.2. The smallest absolute Gasteiger partial charge is 0.337 e. The number of carboxylic acids is 1. The first-order valence-corrected chi connectivity index (χ1v) is 5.09. The molecule has 6 nitrogen and oxygen atoms in total. The second-order valence-corrected chi connectivity index (χ2v) is 3.76. The number of aromatic nitrogens is 3. The van der Waals surface area contributed by atoms with Crippen LogP contribution < -0.4 is 5.32 Å². The van der Waals surface area contributed by atoms with Gasteiger partial charge in [-0.15, -0.1) is 0 Å². The summed E-state index contributed by atoms with van der Waals surface area (Å²) in [4.78, 5) is 14.8. The van der Waals surface area contributed by atoms with Crippen LogP contribution in [-0.4, -0.2) is 25.8 Å². The number of carbonyl (C=O) groups is 1. The van der Waals surface area contributed by atoms with Gasteiger partial charge >= 0.3 is 5.97 Å². The number of nitrogens with zero attached hydrogens (tertiary/aromatic N) is 3. The molecule has 0 saturated carbocycles. The molecule has 2 rings (SSSR count). The number of hydrogen-bond acceptors (Lipinski definition) is 4. The lowest BCUT2D eigenvalue weighted by Gasteiger charge is -2.04. The van der Waals surface area contributed by atoms with Crippen molar-refractivity contribution in [3.8, 4) is 0 Å². The molecule has 0 aliphatic heterocycles. The molecule has 0 radical (unpaired) electrons. The minimum atomic E-state index is -1.10. The predicted molar refractivity (Wildman–Crippen MR) is 62.7 cm³/mol. The third-order valence-corrected chi connectivity index (χ3v) is 2.36. The molecule has 2 aromatic heterocycles. The Kier molecular flexibility index (Phi) is 2.97. The zero-order valence-corrected chi connectivity index (χ0v) is 9.64. The Morgan fingerprint density at radius 3 is 2.88 bits per heavy atom. The van der Waals surface area contributed by atoms with Gasteiger partial charge in [-0.3, -0.25) is 4.68 Å². The molecular formula is C10H9ClN4O2. The highest BCUT2D eigenvalue weighted by atomic mass is 35.5. The number of anilines is 2. The fourth-order valence-corrected chi connectivity index (χ4v) is 1.47. The third-order valence-electron chi connectivity index (χ3n) is 2.06. The maximum Gasteiger partial charge on any atom is 0.337 e. The van der Waals surface area contributed by atoms with Gasteiger partial charge in [0.1, 0.15) is 5.82 Å². The fraction of sp³-hybridized carbons (Fsp3) is 0.100. The van der Waals surface area contributed by atoms with Crippen molar-refractivity contribution in [3.63, 3.8) is 0 Å². The van der Waals surface area contributed by atoms with Crippen LogP contribution in [-0.2, 0) is 7.05 Å². The van der Waals surface area contributed by atoms with E-state index in [1.807, 2.05) is 0 Å². The first-order valence-electron chi connectivity index (χ1n) is 4.72. The van der Waals surface area contributed by atoms with Crippen LogP contribution in [0.15, 0.2) is 24.5 Å². The number of aryl methyl sites for hydroxylation is 1. The van der Waals surface area contributed by atoms with E-state index in [0.717, 1.165) is 0 Å². The highest BCUT2D eigenvalue weighted by Gasteiger charge is 2.10. The van der Waals surface area contributed by atoms with Crippen LogP contribution in [0.25, 0.3) is 0 Å². The SMILES string of the molecule is Cn1ccc(Nc2cc(C(=O)O)c(Cl)cn2)n1. The Hall–Kier alpha value is -2.08. The summed E-state index contributed by atoms with van der Waals surface area (Å²) < 4.78 is 1.62. The average Bonchev–Trinajstić information content (AvgIpc) is 2.66. The molecule has 0 aliphatic rings. The molecule has 0 saturated heterocycles. The standard InChI is InChI=1S/C10H9ClN4O2/c1-15-3-2-8(14-15)13-9-4-6(10(16)17)7(11)5-12-9/h2-5H,1H3,(H,16,17)(H,12,13,14). The molecule has 2 aromatic rings. The Morgan fingerprint density at radius 1 is 1.53 bits per heavy atom. The van der Waals surface area contributed by atoms with Crippen molar-refractivity contribution < 1.29 is 9.90 Å². The van der Waals surface area contributed by atoms with E-state index in [9.17, 15) is 4.79 Å². The van der Waals surface area contributed by atoms with Crippen LogP contribution in [0, 0.1) is 0 Å². The van der Waals surface area contributed by atoms with Crippen molar-refractivity contribution in [2.45, 2.75) is 0 Å². The van der Waals surface area contributed by atoms with E-state index in [-0.39, 0.29) is 10.6 Å². The highest BCUT2D eigenvalue weighted by molar-refractivity contribution is 6.33. The Bertz CT molecular complexity index is 567. The Labute approximate surface area is 102 Å². The van der Waals surface area contributed by atoms with E-state index in [0.29, 0.717) is 11.6 Å². The van der Waals surface area contributed by atoms with Crippen molar-refractivity contribution in [2.24, 2.45) is 7.05 Å². The van der Waals surface area contributed by atoms with Crippen molar-refractivity contribution in [2.75, 3.05) is 5.32 Å². The van der Waals surface area contributed by atoms with Gasteiger partial charge in [0, 0.05) is 25.5 Å². The second-order valence-electron chi connectivity index (χ2n) is 3.35. The van der Waals surface area contributed by atoms with E-state index in [2.05, 4.69) is 15.4 Å². The lowest BCUT2D eigenvalue weighted by atomic mass is 10.2. The summed E-state index contributed by atoms with van der Waals surface area (Å²) in [5, 5.41) is 16.0. The molecule has 0 fully saturated rings. The average molecular weight is 253 g/mol. The Morgan fingerprint density at radius 2 is 2.29 bits per heavy atom.